The normalized spacial score (nSPS) is 18.9. The predicted molar refractivity (Wildman–Crippen MR) is 128 cm³/mol. The van der Waals surface area contributed by atoms with Crippen molar-refractivity contribution in [2.75, 3.05) is 38.3 Å². The van der Waals surface area contributed by atoms with E-state index in [1.54, 1.807) is 24.7 Å². The molecular weight excluding hydrogens is 432 g/mol. The average Bonchev–Trinajstić information content (AvgIpc) is 3.02. The number of ether oxygens (including phenoxy) is 1. The van der Waals surface area contributed by atoms with Crippen LogP contribution in [0.1, 0.15) is 43.4 Å². The largest absolute Gasteiger partial charge is 0.383 e. The summed E-state index contributed by atoms with van der Waals surface area (Å²) in [6, 6.07) is 2.07. The Kier molecular flexibility index (Phi) is 7.57. The number of amides is 1. The number of hydrogen-bond acceptors (Lipinski definition) is 7. The lowest BCUT2D eigenvalue weighted by Gasteiger charge is -2.35. The van der Waals surface area contributed by atoms with Crippen molar-refractivity contribution in [2.45, 2.75) is 40.2 Å². The van der Waals surface area contributed by atoms with Crippen LogP contribution in [0, 0.1) is 24.2 Å². The first-order chi connectivity index (χ1) is 14.8. The molecule has 0 N–H and O–H groups in total. The summed E-state index contributed by atoms with van der Waals surface area (Å²) in [5, 5.41) is 9.66. The molecule has 3 rings (SSSR count). The highest BCUT2D eigenvalue weighted by atomic mass is 32.2. The van der Waals surface area contributed by atoms with Gasteiger partial charge in [-0.05, 0) is 44.2 Å². The minimum atomic E-state index is -0.277. The van der Waals surface area contributed by atoms with E-state index in [1.165, 1.54) is 16.7 Å². The Labute approximate surface area is 192 Å². The molecule has 1 amide bonds. The molecule has 9 heteroatoms. The van der Waals surface area contributed by atoms with Gasteiger partial charge in [-0.1, -0.05) is 30.9 Å². The van der Waals surface area contributed by atoms with E-state index in [-0.39, 0.29) is 17.0 Å². The molecule has 7 nitrogen and oxygen atoms in total. The van der Waals surface area contributed by atoms with Crippen molar-refractivity contribution >= 4 is 46.1 Å². The topological polar surface area (TPSA) is 78.6 Å². The van der Waals surface area contributed by atoms with Crippen LogP contribution < -0.4 is 10.5 Å². The zero-order valence-electron chi connectivity index (χ0n) is 18.4. The first-order valence-corrected chi connectivity index (χ1v) is 11.7. The molecule has 3 heterocycles. The number of methoxy groups -OCH3 is 1. The van der Waals surface area contributed by atoms with Crippen LogP contribution in [0.4, 0.5) is 5.82 Å². The molecule has 0 atom stereocenters. The summed E-state index contributed by atoms with van der Waals surface area (Å²) in [6.45, 7) is 8.84. The van der Waals surface area contributed by atoms with Gasteiger partial charge in [-0.15, -0.1) is 0 Å². The fourth-order valence-corrected chi connectivity index (χ4v) is 5.30. The lowest BCUT2D eigenvalue weighted by atomic mass is 9.97. The lowest BCUT2D eigenvalue weighted by Crippen LogP contribution is -2.39. The van der Waals surface area contributed by atoms with Gasteiger partial charge in [0.2, 0.25) is 0 Å². The maximum Gasteiger partial charge on any atom is 0.270 e. The number of pyridine rings is 1. The van der Waals surface area contributed by atoms with E-state index in [4.69, 9.17) is 17.0 Å². The van der Waals surface area contributed by atoms with Gasteiger partial charge in [0.1, 0.15) is 21.8 Å². The molecule has 1 aromatic rings. The van der Waals surface area contributed by atoms with Crippen molar-refractivity contribution in [3.8, 4) is 6.07 Å². The van der Waals surface area contributed by atoms with Crippen molar-refractivity contribution in [3.63, 3.8) is 0 Å². The van der Waals surface area contributed by atoms with Crippen molar-refractivity contribution in [1.82, 2.24) is 9.47 Å². The minimum absolute atomic E-state index is 0.122. The molecule has 166 valence electrons. The summed E-state index contributed by atoms with van der Waals surface area (Å²) >= 11 is 6.65. The molecule has 0 aliphatic carbocycles. The molecule has 2 aliphatic heterocycles. The number of carbonyl (C=O) groups is 1. The van der Waals surface area contributed by atoms with Crippen LogP contribution in [0.5, 0.6) is 0 Å². The molecule has 0 bridgehead atoms. The number of aromatic nitrogens is 1. The Morgan fingerprint density at radius 3 is 2.58 bits per heavy atom. The Hall–Kier alpha value is -2.15. The monoisotopic (exact) mass is 460 g/mol. The fraction of sp³-hybridized carbons (Fsp3) is 0.545. The summed E-state index contributed by atoms with van der Waals surface area (Å²) in [4.78, 5) is 30.3. The third-order valence-corrected chi connectivity index (χ3v) is 7.29. The zero-order valence-corrected chi connectivity index (χ0v) is 20.1. The summed E-state index contributed by atoms with van der Waals surface area (Å²) in [5.74, 6) is 1.26. The summed E-state index contributed by atoms with van der Waals surface area (Å²) in [6.07, 6.45) is 3.88. The first kappa shape index (κ1) is 23.5. The number of rotatable bonds is 6. The van der Waals surface area contributed by atoms with E-state index in [9.17, 15) is 14.9 Å². The Bertz CT molecular complexity index is 1020. The van der Waals surface area contributed by atoms with Gasteiger partial charge >= 0.3 is 0 Å². The van der Waals surface area contributed by atoms with E-state index in [0.717, 1.165) is 37.3 Å². The minimum Gasteiger partial charge on any atom is -0.383 e. The third kappa shape index (κ3) is 4.56. The van der Waals surface area contributed by atoms with Crippen LogP contribution in [0.3, 0.4) is 0 Å². The number of piperidine rings is 1. The molecule has 0 saturated carbocycles. The molecule has 31 heavy (non-hydrogen) atoms. The van der Waals surface area contributed by atoms with Gasteiger partial charge in [0.15, 0.2) is 0 Å². The number of carbonyl (C=O) groups excluding carboxylic acids is 1. The second kappa shape index (κ2) is 9.98. The maximum atomic E-state index is 13.0. The molecular formula is C22H28N4O3S2. The van der Waals surface area contributed by atoms with Gasteiger partial charge in [0.05, 0.1) is 18.1 Å². The van der Waals surface area contributed by atoms with Gasteiger partial charge < -0.3 is 9.64 Å². The molecule has 0 radical (unpaired) electrons. The van der Waals surface area contributed by atoms with Gasteiger partial charge in [-0.25, -0.2) is 0 Å². The first-order valence-electron chi connectivity index (χ1n) is 10.5. The van der Waals surface area contributed by atoms with E-state index >= 15 is 0 Å². The number of thioether (sulfide) groups is 1. The SMILES string of the molecule is CCn1c(N2CCC(C)CC2)c(/C=C2\SC(=S)N(CCOC)C2=O)c(C)c(C#N)c1=O. The van der Waals surface area contributed by atoms with E-state index in [1.807, 2.05) is 6.92 Å². The molecule has 0 aromatic carbocycles. The quantitative estimate of drug-likeness (QED) is 0.477. The highest BCUT2D eigenvalue weighted by molar-refractivity contribution is 8.26. The van der Waals surface area contributed by atoms with Gasteiger partial charge in [-0.3, -0.25) is 19.1 Å². The molecule has 2 saturated heterocycles. The van der Waals surface area contributed by atoms with Crippen LogP contribution in [0.2, 0.25) is 0 Å². The second-order valence-electron chi connectivity index (χ2n) is 7.89. The Morgan fingerprint density at radius 2 is 2.00 bits per heavy atom. The highest BCUT2D eigenvalue weighted by Crippen LogP contribution is 2.36. The van der Waals surface area contributed by atoms with E-state index in [2.05, 4.69) is 17.9 Å². The average molecular weight is 461 g/mol. The zero-order chi connectivity index (χ0) is 22.7. The maximum absolute atomic E-state index is 13.0. The van der Waals surface area contributed by atoms with Crippen molar-refractivity contribution in [2.24, 2.45) is 5.92 Å². The van der Waals surface area contributed by atoms with Crippen molar-refractivity contribution in [1.29, 1.82) is 5.26 Å². The molecule has 2 aliphatic rings. The molecule has 1 aromatic heterocycles. The fourth-order valence-electron chi connectivity index (χ4n) is 4.01. The molecule has 0 spiro atoms. The van der Waals surface area contributed by atoms with Crippen LogP contribution in [-0.2, 0) is 16.1 Å². The standard InChI is InChI=1S/C22H28N4O3S2/c1-5-25-19(24-8-6-14(2)7-9-24)16(15(3)17(13-23)20(25)27)12-18-21(28)26(10-11-29-4)22(30)31-18/h12,14H,5-11H2,1-4H3/b18-12-. The number of nitrogens with zero attached hydrogens (tertiary/aromatic N) is 4. The lowest BCUT2D eigenvalue weighted by molar-refractivity contribution is -0.122. The second-order valence-corrected chi connectivity index (χ2v) is 9.57. The van der Waals surface area contributed by atoms with Gasteiger partial charge in [0.25, 0.3) is 11.5 Å². The van der Waals surface area contributed by atoms with Gasteiger partial charge in [-0.2, -0.15) is 5.26 Å². The van der Waals surface area contributed by atoms with Crippen LogP contribution in [0.25, 0.3) is 6.08 Å². The summed E-state index contributed by atoms with van der Waals surface area (Å²) < 4.78 is 7.25. The Balaban J connectivity index is 2.16. The number of hydrogen-bond donors (Lipinski definition) is 0. The van der Waals surface area contributed by atoms with Crippen molar-refractivity contribution < 1.29 is 9.53 Å². The van der Waals surface area contributed by atoms with Crippen LogP contribution in [-0.4, -0.2) is 53.0 Å². The summed E-state index contributed by atoms with van der Waals surface area (Å²) in [7, 11) is 1.58. The number of nitriles is 1. The van der Waals surface area contributed by atoms with E-state index in [0.29, 0.717) is 40.4 Å². The smallest absolute Gasteiger partial charge is 0.270 e. The number of anilines is 1. The van der Waals surface area contributed by atoms with Gasteiger partial charge in [0, 0.05) is 32.3 Å². The van der Waals surface area contributed by atoms with Crippen LogP contribution in [0.15, 0.2) is 9.70 Å². The predicted octanol–water partition coefficient (Wildman–Crippen LogP) is 3.13. The van der Waals surface area contributed by atoms with E-state index < -0.39 is 0 Å². The van der Waals surface area contributed by atoms with Crippen LogP contribution >= 0.6 is 24.0 Å². The summed E-state index contributed by atoms with van der Waals surface area (Å²) in [5.41, 5.74) is 1.20. The number of thiocarbonyl (C=S) groups is 1. The molecule has 2 fully saturated rings. The third-order valence-electron chi connectivity index (χ3n) is 5.91. The molecule has 0 unspecified atom stereocenters. The Morgan fingerprint density at radius 1 is 1.32 bits per heavy atom. The highest BCUT2D eigenvalue weighted by Gasteiger charge is 2.33. The van der Waals surface area contributed by atoms with Crippen molar-refractivity contribution in [3.05, 3.63) is 31.9 Å².